The van der Waals surface area contributed by atoms with Crippen LogP contribution in [0.15, 0.2) is 67.0 Å². The standard InChI is InChI=1S/C20H15N7O2S5/c21-17-23-25-19(33-17)30-9-15(28)22-18-24-26-20(34-18)31-10-16(29)27-11-5-1-3-7-13(11)32-14-8-4-2-6-12(14)27/h1-8H,9-10H2,(H2,21,23)(H,22,24,28). The summed E-state index contributed by atoms with van der Waals surface area (Å²) in [7, 11) is 0. The summed E-state index contributed by atoms with van der Waals surface area (Å²) in [6.07, 6.45) is 0. The zero-order valence-electron chi connectivity index (χ0n) is 17.2. The highest BCUT2D eigenvalue weighted by Gasteiger charge is 2.28. The molecule has 2 aromatic heterocycles. The summed E-state index contributed by atoms with van der Waals surface area (Å²) in [5, 5.41) is 19.1. The molecule has 0 saturated heterocycles. The van der Waals surface area contributed by atoms with Crippen LogP contribution in [0.1, 0.15) is 0 Å². The molecule has 0 spiro atoms. The van der Waals surface area contributed by atoms with Crippen LogP contribution in [0.3, 0.4) is 0 Å². The highest BCUT2D eigenvalue weighted by molar-refractivity contribution is 8.02. The summed E-state index contributed by atoms with van der Waals surface area (Å²) in [6.45, 7) is 0. The number of fused-ring (bicyclic) bond motifs is 2. The number of hydrogen-bond donors (Lipinski definition) is 2. The third-order valence-corrected chi connectivity index (χ3v) is 9.38. The van der Waals surface area contributed by atoms with Crippen LogP contribution in [0.25, 0.3) is 0 Å². The largest absolute Gasteiger partial charge is 0.374 e. The number of para-hydroxylation sites is 2. The Labute approximate surface area is 214 Å². The van der Waals surface area contributed by atoms with Gasteiger partial charge in [0.25, 0.3) is 0 Å². The molecule has 0 radical (unpaired) electrons. The quantitative estimate of drug-likeness (QED) is 0.251. The molecule has 3 heterocycles. The molecular weight excluding hydrogens is 531 g/mol. The van der Waals surface area contributed by atoms with Gasteiger partial charge in [-0.3, -0.25) is 19.8 Å². The summed E-state index contributed by atoms with van der Waals surface area (Å²) < 4.78 is 1.22. The monoisotopic (exact) mass is 545 g/mol. The Morgan fingerprint density at radius 2 is 1.47 bits per heavy atom. The van der Waals surface area contributed by atoms with Crippen molar-refractivity contribution in [3.05, 3.63) is 48.5 Å². The predicted molar refractivity (Wildman–Crippen MR) is 138 cm³/mol. The van der Waals surface area contributed by atoms with Crippen LogP contribution in [0.5, 0.6) is 0 Å². The molecule has 172 valence electrons. The number of anilines is 4. The van der Waals surface area contributed by atoms with Gasteiger partial charge < -0.3 is 5.73 Å². The van der Waals surface area contributed by atoms with Gasteiger partial charge >= 0.3 is 0 Å². The number of benzene rings is 2. The fourth-order valence-corrected chi connectivity index (χ4v) is 7.15. The minimum Gasteiger partial charge on any atom is -0.374 e. The maximum atomic E-state index is 13.3. The van der Waals surface area contributed by atoms with E-state index in [2.05, 4.69) is 25.7 Å². The fourth-order valence-electron chi connectivity index (χ4n) is 3.04. The van der Waals surface area contributed by atoms with E-state index in [9.17, 15) is 9.59 Å². The van der Waals surface area contributed by atoms with E-state index >= 15 is 0 Å². The highest BCUT2D eigenvalue weighted by atomic mass is 32.2. The average molecular weight is 546 g/mol. The SMILES string of the molecule is Nc1nnc(SCC(=O)Nc2nnc(SCC(=O)N3c4ccccc4Sc4ccccc43)s2)s1. The first-order chi connectivity index (χ1) is 16.6. The molecule has 2 aromatic carbocycles. The van der Waals surface area contributed by atoms with Crippen molar-refractivity contribution in [1.29, 1.82) is 0 Å². The zero-order chi connectivity index (χ0) is 23.5. The molecule has 4 aromatic rings. The minimum atomic E-state index is -0.235. The molecule has 2 amide bonds. The van der Waals surface area contributed by atoms with Gasteiger partial charge in [0, 0.05) is 9.79 Å². The number of nitrogens with one attached hydrogen (secondary N) is 1. The third kappa shape index (κ3) is 5.20. The lowest BCUT2D eigenvalue weighted by atomic mass is 10.2. The van der Waals surface area contributed by atoms with Crippen LogP contribution in [0.4, 0.5) is 21.6 Å². The molecule has 1 aliphatic heterocycles. The first kappa shape index (κ1) is 23.1. The molecule has 0 bridgehead atoms. The number of amides is 2. The van der Waals surface area contributed by atoms with E-state index in [4.69, 9.17) is 5.73 Å². The van der Waals surface area contributed by atoms with E-state index in [0.717, 1.165) is 21.2 Å². The van der Waals surface area contributed by atoms with Gasteiger partial charge in [0.15, 0.2) is 8.68 Å². The minimum absolute atomic E-state index is 0.0567. The summed E-state index contributed by atoms with van der Waals surface area (Å²) in [5.74, 6) is 0.0471. The molecule has 1 aliphatic rings. The van der Waals surface area contributed by atoms with Gasteiger partial charge in [-0.05, 0) is 24.3 Å². The number of carbonyl (C=O) groups excluding carboxylic acids is 2. The second kappa shape index (κ2) is 10.3. The number of nitrogens with zero attached hydrogens (tertiary/aromatic N) is 5. The second-order valence-electron chi connectivity index (χ2n) is 6.67. The van der Waals surface area contributed by atoms with Crippen molar-refractivity contribution in [3.8, 4) is 0 Å². The van der Waals surface area contributed by atoms with Gasteiger partial charge in [0.05, 0.1) is 22.9 Å². The first-order valence-corrected chi connectivity index (χ1v) is 14.2. The molecule has 34 heavy (non-hydrogen) atoms. The maximum absolute atomic E-state index is 13.3. The predicted octanol–water partition coefficient (Wildman–Crippen LogP) is 4.62. The van der Waals surface area contributed by atoms with Crippen LogP contribution in [-0.4, -0.2) is 43.7 Å². The van der Waals surface area contributed by atoms with Crippen molar-refractivity contribution in [1.82, 2.24) is 20.4 Å². The Bertz CT molecular complexity index is 1310. The Balaban J connectivity index is 1.20. The number of aromatic nitrogens is 4. The lowest BCUT2D eigenvalue weighted by Gasteiger charge is -2.30. The van der Waals surface area contributed by atoms with Crippen LogP contribution in [0.2, 0.25) is 0 Å². The van der Waals surface area contributed by atoms with E-state index in [0.29, 0.717) is 18.9 Å². The molecule has 9 nitrogen and oxygen atoms in total. The van der Waals surface area contributed by atoms with Crippen LogP contribution >= 0.6 is 58.0 Å². The van der Waals surface area contributed by atoms with E-state index in [-0.39, 0.29) is 23.3 Å². The van der Waals surface area contributed by atoms with Gasteiger partial charge in [-0.1, -0.05) is 82.2 Å². The Hall–Kier alpha value is -2.65. The van der Waals surface area contributed by atoms with E-state index in [1.807, 2.05) is 48.5 Å². The van der Waals surface area contributed by atoms with Crippen molar-refractivity contribution in [3.63, 3.8) is 0 Å². The van der Waals surface area contributed by atoms with Gasteiger partial charge in [-0.2, -0.15) is 0 Å². The Morgan fingerprint density at radius 3 is 2.15 bits per heavy atom. The number of nitrogen functional groups attached to an aromatic ring is 1. The van der Waals surface area contributed by atoms with Gasteiger partial charge in [-0.25, -0.2) is 0 Å². The number of nitrogens with two attached hydrogens (primary N) is 1. The summed E-state index contributed by atoms with van der Waals surface area (Å²) >= 11 is 6.65. The summed E-state index contributed by atoms with van der Waals surface area (Å²) in [6, 6.07) is 15.7. The van der Waals surface area contributed by atoms with Crippen molar-refractivity contribution >= 4 is 91.4 Å². The van der Waals surface area contributed by atoms with Gasteiger partial charge in [0.2, 0.25) is 22.1 Å². The van der Waals surface area contributed by atoms with Crippen molar-refractivity contribution in [2.45, 2.75) is 18.5 Å². The molecule has 0 aliphatic carbocycles. The van der Waals surface area contributed by atoms with E-state index in [1.54, 1.807) is 16.7 Å². The topological polar surface area (TPSA) is 127 Å². The molecule has 3 N–H and O–H groups in total. The molecule has 0 unspecified atom stereocenters. The fraction of sp³-hybridized carbons (Fsp3) is 0.100. The lowest BCUT2D eigenvalue weighted by Crippen LogP contribution is -2.29. The maximum Gasteiger partial charge on any atom is 0.242 e. The van der Waals surface area contributed by atoms with Crippen LogP contribution < -0.4 is 16.0 Å². The van der Waals surface area contributed by atoms with Crippen molar-refractivity contribution < 1.29 is 9.59 Å². The third-order valence-electron chi connectivity index (χ3n) is 4.40. The zero-order valence-corrected chi connectivity index (χ0v) is 21.3. The lowest BCUT2D eigenvalue weighted by molar-refractivity contribution is -0.115. The highest BCUT2D eigenvalue weighted by Crippen LogP contribution is 2.48. The van der Waals surface area contributed by atoms with Gasteiger partial charge in [0.1, 0.15) is 0 Å². The normalized spacial score (nSPS) is 12.2. The second-order valence-corrected chi connectivity index (χ2v) is 12.2. The summed E-state index contributed by atoms with van der Waals surface area (Å²) in [4.78, 5) is 29.3. The van der Waals surface area contributed by atoms with Gasteiger partial charge in [-0.15, -0.1) is 20.4 Å². The smallest absolute Gasteiger partial charge is 0.242 e. The molecule has 5 rings (SSSR count). The average Bonchev–Trinajstić information content (AvgIpc) is 3.48. The molecule has 0 fully saturated rings. The molecule has 0 saturated carbocycles. The number of rotatable bonds is 7. The van der Waals surface area contributed by atoms with Crippen molar-refractivity contribution in [2.75, 3.05) is 27.5 Å². The van der Waals surface area contributed by atoms with E-state index < -0.39 is 0 Å². The van der Waals surface area contributed by atoms with Crippen LogP contribution in [-0.2, 0) is 9.59 Å². The van der Waals surface area contributed by atoms with Crippen molar-refractivity contribution in [2.24, 2.45) is 0 Å². The Kier molecular flexibility index (Phi) is 7.01. The summed E-state index contributed by atoms with van der Waals surface area (Å²) in [5.41, 5.74) is 7.28. The van der Waals surface area contributed by atoms with E-state index in [1.165, 1.54) is 46.2 Å². The number of carbonyl (C=O) groups is 2. The molecular formula is C20H15N7O2S5. The molecule has 0 atom stereocenters. The number of hydrogen-bond acceptors (Lipinski definition) is 12. The first-order valence-electron chi connectivity index (χ1n) is 9.73. The molecule has 14 heteroatoms. The van der Waals surface area contributed by atoms with Crippen LogP contribution in [0, 0.1) is 0 Å². The Morgan fingerprint density at radius 1 is 0.853 bits per heavy atom. The number of thioether (sulfide) groups is 2.